The molecule has 122 valence electrons. The summed E-state index contributed by atoms with van der Waals surface area (Å²) in [7, 11) is 0. The zero-order valence-corrected chi connectivity index (χ0v) is 13.2. The third-order valence-corrected chi connectivity index (χ3v) is 5.30. The van der Waals surface area contributed by atoms with Crippen LogP contribution in [0.15, 0.2) is 0 Å². The van der Waals surface area contributed by atoms with Crippen LogP contribution in [0.4, 0.5) is 0 Å². The molecule has 0 radical (unpaired) electrons. The van der Waals surface area contributed by atoms with Crippen molar-refractivity contribution in [1.29, 1.82) is 0 Å². The fourth-order valence-electron chi connectivity index (χ4n) is 4.01. The van der Waals surface area contributed by atoms with Gasteiger partial charge in [0.15, 0.2) is 0 Å². The lowest BCUT2D eigenvalue weighted by molar-refractivity contribution is -0.141. The number of rotatable bonds is 3. The summed E-state index contributed by atoms with van der Waals surface area (Å²) >= 11 is 0. The Morgan fingerprint density at radius 2 is 1.82 bits per heavy atom. The van der Waals surface area contributed by atoms with Gasteiger partial charge in [0.2, 0.25) is 17.7 Å². The Morgan fingerprint density at radius 3 is 2.41 bits per heavy atom. The molecule has 0 aromatic rings. The molecule has 2 aliphatic heterocycles. The van der Waals surface area contributed by atoms with Gasteiger partial charge < -0.3 is 10.2 Å². The van der Waals surface area contributed by atoms with E-state index in [2.05, 4.69) is 5.32 Å². The Kier molecular flexibility index (Phi) is 4.47. The number of likely N-dealkylation sites (tertiary alicyclic amines) is 1. The molecule has 3 rings (SSSR count). The van der Waals surface area contributed by atoms with E-state index in [1.54, 1.807) is 0 Å². The maximum absolute atomic E-state index is 12.4. The molecule has 3 amide bonds. The Balaban J connectivity index is 1.58. The van der Waals surface area contributed by atoms with Gasteiger partial charge in [0.1, 0.15) is 0 Å². The molecule has 6 heteroatoms. The van der Waals surface area contributed by atoms with Crippen molar-refractivity contribution in [3.8, 4) is 0 Å². The molecule has 2 unspecified atom stereocenters. The second-order valence-corrected chi connectivity index (χ2v) is 6.72. The van der Waals surface area contributed by atoms with Crippen molar-refractivity contribution in [2.75, 3.05) is 26.2 Å². The molecule has 3 aliphatic rings. The van der Waals surface area contributed by atoms with Crippen molar-refractivity contribution in [1.82, 2.24) is 15.1 Å². The zero-order valence-electron chi connectivity index (χ0n) is 13.2. The van der Waals surface area contributed by atoms with Crippen molar-refractivity contribution in [3.05, 3.63) is 0 Å². The summed E-state index contributed by atoms with van der Waals surface area (Å²) in [5.74, 6) is -0.278. The van der Waals surface area contributed by atoms with Gasteiger partial charge in [0.05, 0.1) is 11.8 Å². The lowest BCUT2D eigenvalue weighted by Crippen LogP contribution is -2.52. The van der Waals surface area contributed by atoms with Gasteiger partial charge >= 0.3 is 0 Å². The lowest BCUT2D eigenvalue weighted by atomic mass is 9.81. The molecule has 6 nitrogen and oxygen atoms in total. The first-order valence-electron chi connectivity index (χ1n) is 8.45. The summed E-state index contributed by atoms with van der Waals surface area (Å²) in [5, 5.41) is 3.25. The van der Waals surface area contributed by atoms with Gasteiger partial charge in [0.25, 0.3) is 0 Å². The van der Waals surface area contributed by atoms with Crippen molar-refractivity contribution >= 4 is 17.7 Å². The van der Waals surface area contributed by atoms with Crippen LogP contribution in [0.1, 0.15) is 39.0 Å². The van der Waals surface area contributed by atoms with Crippen LogP contribution in [0.2, 0.25) is 0 Å². The molecule has 3 fully saturated rings. The Hall–Kier alpha value is -1.43. The normalized spacial score (nSPS) is 32.3. The molecule has 0 bridgehead atoms. The van der Waals surface area contributed by atoms with Gasteiger partial charge in [-0.05, 0) is 19.8 Å². The third-order valence-electron chi connectivity index (χ3n) is 5.30. The molecule has 1 saturated carbocycles. The van der Waals surface area contributed by atoms with Crippen LogP contribution in [0.3, 0.4) is 0 Å². The molecule has 0 aromatic carbocycles. The van der Waals surface area contributed by atoms with Crippen molar-refractivity contribution < 1.29 is 14.4 Å². The van der Waals surface area contributed by atoms with Crippen molar-refractivity contribution in [2.45, 2.75) is 45.1 Å². The van der Waals surface area contributed by atoms with Gasteiger partial charge in [0, 0.05) is 38.6 Å². The van der Waals surface area contributed by atoms with E-state index in [4.69, 9.17) is 0 Å². The standard InChI is InChI=1S/C16H25N3O3/c1-11-10-17-7-9-18(11)14(20)6-8-19-15(21)12-4-2-3-5-13(12)16(19)22/h11-13,17H,2-10H2,1H3/t11-,12?,13?/m0/s1. The number of nitrogens with one attached hydrogen (secondary N) is 1. The Labute approximate surface area is 131 Å². The summed E-state index contributed by atoms with van der Waals surface area (Å²) in [6.45, 7) is 4.58. The second-order valence-electron chi connectivity index (χ2n) is 6.72. The number of amides is 3. The molecule has 2 saturated heterocycles. The molecule has 0 spiro atoms. The van der Waals surface area contributed by atoms with E-state index in [1.807, 2.05) is 11.8 Å². The van der Waals surface area contributed by atoms with Crippen LogP contribution < -0.4 is 5.32 Å². The number of fused-ring (bicyclic) bond motifs is 1. The highest BCUT2D eigenvalue weighted by atomic mass is 16.2. The minimum absolute atomic E-state index is 0.0455. The van der Waals surface area contributed by atoms with Crippen LogP contribution in [-0.2, 0) is 14.4 Å². The summed E-state index contributed by atoms with van der Waals surface area (Å²) in [6.07, 6.45) is 3.97. The number of hydrogen-bond donors (Lipinski definition) is 1. The first kappa shape index (κ1) is 15.5. The monoisotopic (exact) mass is 307 g/mol. The molecule has 22 heavy (non-hydrogen) atoms. The maximum atomic E-state index is 12.4. The number of nitrogens with zero attached hydrogens (tertiary/aromatic N) is 2. The van der Waals surface area contributed by atoms with E-state index < -0.39 is 0 Å². The minimum atomic E-state index is -0.116. The van der Waals surface area contributed by atoms with E-state index >= 15 is 0 Å². The molecule has 0 aromatic heterocycles. The summed E-state index contributed by atoms with van der Waals surface area (Å²) in [5.41, 5.74) is 0. The second kappa shape index (κ2) is 6.36. The highest BCUT2D eigenvalue weighted by Gasteiger charge is 2.47. The first-order chi connectivity index (χ1) is 10.6. The molecular formula is C16H25N3O3. The summed E-state index contributed by atoms with van der Waals surface area (Å²) < 4.78 is 0. The van der Waals surface area contributed by atoms with Crippen LogP contribution in [0.5, 0.6) is 0 Å². The Bertz CT molecular complexity index is 455. The van der Waals surface area contributed by atoms with Crippen LogP contribution in [0.25, 0.3) is 0 Å². The van der Waals surface area contributed by atoms with E-state index in [0.717, 1.165) is 38.8 Å². The van der Waals surface area contributed by atoms with Crippen LogP contribution in [-0.4, -0.2) is 59.7 Å². The van der Waals surface area contributed by atoms with E-state index in [1.165, 1.54) is 4.90 Å². The van der Waals surface area contributed by atoms with E-state index in [-0.39, 0.29) is 48.6 Å². The van der Waals surface area contributed by atoms with Gasteiger partial charge in [-0.15, -0.1) is 0 Å². The number of carbonyl (C=O) groups excluding carboxylic acids is 3. The molecule has 2 heterocycles. The van der Waals surface area contributed by atoms with Gasteiger partial charge in [-0.2, -0.15) is 0 Å². The SMILES string of the molecule is C[C@H]1CNCCN1C(=O)CCN1C(=O)C2CCCCC2C1=O. The minimum Gasteiger partial charge on any atom is -0.337 e. The van der Waals surface area contributed by atoms with E-state index in [9.17, 15) is 14.4 Å². The average Bonchev–Trinajstić information content (AvgIpc) is 2.77. The summed E-state index contributed by atoms with van der Waals surface area (Å²) in [4.78, 5) is 40.3. The quantitative estimate of drug-likeness (QED) is 0.765. The van der Waals surface area contributed by atoms with Crippen LogP contribution >= 0.6 is 0 Å². The molecular weight excluding hydrogens is 282 g/mol. The fourth-order valence-corrected chi connectivity index (χ4v) is 4.01. The number of imide groups is 1. The predicted molar refractivity (Wildman–Crippen MR) is 80.8 cm³/mol. The number of hydrogen-bond acceptors (Lipinski definition) is 4. The smallest absolute Gasteiger partial charge is 0.233 e. The van der Waals surface area contributed by atoms with Gasteiger partial charge in [-0.25, -0.2) is 0 Å². The van der Waals surface area contributed by atoms with Crippen molar-refractivity contribution in [3.63, 3.8) is 0 Å². The molecule has 1 aliphatic carbocycles. The topological polar surface area (TPSA) is 69.7 Å². The maximum Gasteiger partial charge on any atom is 0.233 e. The van der Waals surface area contributed by atoms with E-state index in [0.29, 0.717) is 6.54 Å². The fraction of sp³-hybridized carbons (Fsp3) is 0.812. The highest BCUT2D eigenvalue weighted by Crippen LogP contribution is 2.37. The number of piperazine rings is 1. The highest BCUT2D eigenvalue weighted by molar-refractivity contribution is 6.05. The summed E-state index contributed by atoms with van der Waals surface area (Å²) in [6, 6.07) is 0.175. The largest absolute Gasteiger partial charge is 0.337 e. The van der Waals surface area contributed by atoms with Gasteiger partial charge in [-0.3, -0.25) is 19.3 Å². The van der Waals surface area contributed by atoms with Gasteiger partial charge in [-0.1, -0.05) is 12.8 Å². The third kappa shape index (κ3) is 2.76. The zero-order chi connectivity index (χ0) is 15.7. The number of carbonyl (C=O) groups is 3. The first-order valence-corrected chi connectivity index (χ1v) is 8.45. The Morgan fingerprint density at radius 1 is 1.18 bits per heavy atom. The predicted octanol–water partition coefficient (Wildman–Crippen LogP) is 0.372. The average molecular weight is 307 g/mol. The lowest BCUT2D eigenvalue weighted by Gasteiger charge is -2.34. The van der Waals surface area contributed by atoms with Crippen molar-refractivity contribution in [2.24, 2.45) is 11.8 Å². The van der Waals surface area contributed by atoms with Crippen LogP contribution in [0, 0.1) is 11.8 Å². The molecule has 1 N–H and O–H groups in total. The molecule has 3 atom stereocenters.